The van der Waals surface area contributed by atoms with E-state index in [1.54, 1.807) is 11.6 Å². The van der Waals surface area contributed by atoms with Crippen LogP contribution in [0.2, 0.25) is 0 Å². The number of oxazole rings is 1. The van der Waals surface area contributed by atoms with Gasteiger partial charge in [0.25, 0.3) is 0 Å². The molecule has 1 amide bonds. The van der Waals surface area contributed by atoms with E-state index < -0.39 is 0 Å². The predicted octanol–water partition coefficient (Wildman–Crippen LogP) is 2.59. The topological polar surface area (TPSA) is 90.0 Å². The van der Waals surface area contributed by atoms with Crippen LogP contribution in [0.1, 0.15) is 41.0 Å². The smallest absolute Gasteiger partial charge is 0.221 e. The molecular weight excluding hydrogens is 332 g/mol. The summed E-state index contributed by atoms with van der Waals surface area (Å²) in [5, 5.41) is 7.21. The quantitative estimate of drug-likeness (QED) is 0.659. The molecule has 0 unspecified atom stereocenters. The monoisotopic (exact) mass is 354 g/mol. The van der Waals surface area contributed by atoms with E-state index in [0.717, 1.165) is 16.8 Å². The van der Waals surface area contributed by atoms with Crippen molar-refractivity contribution >= 4 is 22.8 Å². The molecule has 26 heavy (non-hydrogen) atoms. The van der Waals surface area contributed by atoms with Crippen molar-refractivity contribution in [3.8, 4) is 0 Å². The van der Waals surface area contributed by atoms with Gasteiger partial charge in [0.15, 0.2) is 17.3 Å². The van der Waals surface area contributed by atoms with E-state index in [0.29, 0.717) is 43.1 Å². The van der Waals surface area contributed by atoms with Crippen molar-refractivity contribution in [1.82, 2.24) is 20.1 Å². The average Bonchev–Trinajstić information content (AvgIpc) is 3.12. The van der Waals surface area contributed by atoms with Crippen molar-refractivity contribution in [2.24, 2.45) is 0 Å². The lowest BCUT2D eigenvalue weighted by Gasteiger charge is -2.06. The van der Waals surface area contributed by atoms with Crippen molar-refractivity contribution in [3.05, 3.63) is 47.1 Å². The van der Waals surface area contributed by atoms with E-state index in [1.165, 1.54) is 6.92 Å². The minimum Gasteiger partial charge on any atom is -0.441 e. The summed E-state index contributed by atoms with van der Waals surface area (Å²) in [5.74, 6) is 0.531. The number of carbonyl (C=O) groups excluding carboxylic acids is 2. The van der Waals surface area contributed by atoms with Crippen LogP contribution in [0, 0.1) is 13.8 Å². The molecule has 0 fully saturated rings. The molecule has 3 rings (SSSR count). The Bertz CT molecular complexity index is 922. The lowest BCUT2D eigenvalue weighted by molar-refractivity contribution is -0.121. The first-order chi connectivity index (χ1) is 12.5. The summed E-state index contributed by atoms with van der Waals surface area (Å²) >= 11 is 0. The first-order valence-corrected chi connectivity index (χ1v) is 8.62. The van der Waals surface area contributed by atoms with Gasteiger partial charge in [-0.25, -0.2) is 4.98 Å². The second-order valence-corrected chi connectivity index (χ2v) is 6.25. The zero-order valence-corrected chi connectivity index (χ0v) is 15.2. The van der Waals surface area contributed by atoms with Crippen LogP contribution in [0.5, 0.6) is 0 Å². The van der Waals surface area contributed by atoms with Crippen molar-refractivity contribution in [1.29, 1.82) is 0 Å². The molecule has 0 spiro atoms. The van der Waals surface area contributed by atoms with Gasteiger partial charge < -0.3 is 9.73 Å². The van der Waals surface area contributed by atoms with Crippen LogP contribution in [0.4, 0.5) is 0 Å². The third-order valence-electron chi connectivity index (χ3n) is 4.28. The van der Waals surface area contributed by atoms with Crippen molar-refractivity contribution in [2.45, 2.75) is 40.2 Å². The zero-order chi connectivity index (χ0) is 18.7. The van der Waals surface area contributed by atoms with Gasteiger partial charge in [-0.3, -0.25) is 14.3 Å². The predicted molar refractivity (Wildman–Crippen MR) is 97.0 cm³/mol. The average molecular weight is 354 g/mol. The van der Waals surface area contributed by atoms with Crippen LogP contribution >= 0.6 is 0 Å². The molecule has 7 nitrogen and oxygen atoms in total. The SMILES string of the molecule is CC(=O)c1c(C)nn(CCC(=O)NCCc2nc3ccccc3o2)c1C. The summed E-state index contributed by atoms with van der Waals surface area (Å²) in [6, 6.07) is 7.57. The number of carbonyl (C=O) groups is 2. The molecule has 0 saturated carbocycles. The Balaban J connectivity index is 1.49. The van der Waals surface area contributed by atoms with E-state index >= 15 is 0 Å². The highest BCUT2D eigenvalue weighted by Crippen LogP contribution is 2.15. The maximum Gasteiger partial charge on any atom is 0.221 e. The summed E-state index contributed by atoms with van der Waals surface area (Å²) < 4.78 is 7.34. The molecule has 2 heterocycles. The number of amides is 1. The van der Waals surface area contributed by atoms with Gasteiger partial charge in [0.1, 0.15) is 5.52 Å². The molecule has 0 atom stereocenters. The van der Waals surface area contributed by atoms with Crippen LogP contribution in [0.15, 0.2) is 28.7 Å². The van der Waals surface area contributed by atoms with Gasteiger partial charge in [-0.1, -0.05) is 12.1 Å². The third-order valence-corrected chi connectivity index (χ3v) is 4.28. The summed E-state index contributed by atoms with van der Waals surface area (Å²) in [6.07, 6.45) is 0.835. The normalized spacial score (nSPS) is 11.0. The van der Waals surface area contributed by atoms with Crippen molar-refractivity contribution < 1.29 is 14.0 Å². The number of nitrogens with zero attached hydrogens (tertiary/aromatic N) is 3. The number of benzene rings is 1. The fourth-order valence-corrected chi connectivity index (χ4v) is 3.06. The van der Waals surface area contributed by atoms with Gasteiger partial charge in [0.2, 0.25) is 5.91 Å². The number of Topliss-reactive ketones (excluding diaryl/α,β-unsaturated/α-hetero) is 1. The molecule has 2 aromatic heterocycles. The van der Waals surface area contributed by atoms with E-state index in [2.05, 4.69) is 15.4 Å². The Morgan fingerprint density at radius 1 is 1.23 bits per heavy atom. The number of hydrogen-bond donors (Lipinski definition) is 1. The van der Waals surface area contributed by atoms with Gasteiger partial charge in [-0.2, -0.15) is 5.10 Å². The highest BCUT2D eigenvalue weighted by molar-refractivity contribution is 5.96. The van der Waals surface area contributed by atoms with E-state index in [9.17, 15) is 9.59 Å². The second-order valence-electron chi connectivity index (χ2n) is 6.25. The number of aromatic nitrogens is 3. The molecule has 1 N–H and O–H groups in total. The number of hydrogen-bond acceptors (Lipinski definition) is 5. The lowest BCUT2D eigenvalue weighted by Crippen LogP contribution is -2.27. The van der Waals surface area contributed by atoms with Crippen LogP contribution in [0.25, 0.3) is 11.1 Å². The van der Waals surface area contributed by atoms with E-state index in [4.69, 9.17) is 4.42 Å². The van der Waals surface area contributed by atoms with Crippen LogP contribution in [-0.2, 0) is 17.8 Å². The largest absolute Gasteiger partial charge is 0.441 e. The molecule has 7 heteroatoms. The van der Waals surface area contributed by atoms with E-state index in [-0.39, 0.29) is 11.7 Å². The second kappa shape index (κ2) is 7.51. The third kappa shape index (κ3) is 3.82. The van der Waals surface area contributed by atoms with Gasteiger partial charge >= 0.3 is 0 Å². The molecule has 0 bridgehead atoms. The standard InChI is InChI=1S/C19H22N4O3/c1-12-19(14(3)24)13(2)23(22-12)11-9-17(25)20-10-8-18-21-15-6-4-5-7-16(15)26-18/h4-7H,8-11H2,1-3H3,(H,20,25). The maximum absolute atomic E-state index is 12.0. The summed E-state index contributed by atoms with van der Waals surface area (Å²) in [7, 11) is 0. The zero-order valence-electron chi connectivity index (χ0n) is 15.2. The number of nitrogens with one attached hydrogen (secondary N) is 1. The molecule has 136 valence electrons. The first-order valence-electron chi connectivity index (χ1n) is 8.62. The first kappa shape index (κ1) is 17.8. The van der Waals surface area contributed by atoms with Crippen LogP contribution in [-0.4, -0.2) is 33.0 Å². The molecule has 0 aliphatic heterocycles. The Kier molecular flexibility index (Phi) is 5.16. The molecule has 0 saturated heterocycles. The lowest BCUT2D eigenvalue weighted by atomic mass is 10.1. The summed E-state index contributed by atoms with van der Waals surface area (Å²) in [6.45, 7) is 6.08. The van der Waals surface area contributed by atoms with Crippen molar-refractivity contribution in [3.63, 3.8) is 0 Å². The fraction of sp³-hybridized carbons (Fsp3) is 0.368. The number of ketones is 1. The van der Waals surface area contributed by atoms with E-state index in [1.807, 2.05) is 31.2 Å². The molecule has 1 aromatic carbocycles. The summed E-state index contributed by atoms with van der Waals surface area (Å²) in [4.78, 5) is 28.1. The number of aryl methyl sites for hydroxylation is 2. The summed E-state index contributed by atoms with van der Waals surface area (Å²) in [5.41, 5.74) is 3.71. The number of para-hydroxylation sites is 2. The van der Waals surface area contributed by atoms with Crippen LogP contribution < -0.4 is 5.32 Å². The Morgan fingerprint density at radius 3 is 2.69 bits per heavy atom. The molecular formula is C19H22N4O3. The molecule has 3 aromatic rings. The van der Waals surface area contributed by atoms with Crippen molar-refractivity contribution in [2.75, 3.05) is 6.54 Å². The minimum absolute atomic E-state index is 0.00552. The number of rotatable bonds is 7. The fourth-order valence-electron chi connectivity index (χ4n) is 3.06. The van der Waals surface area contributed by atoms with Gasteiger partial charge in [0.05, 0.1) is 11.3 Å². The minimum atomic E-state index is -0.0713. The molecule has 0 aliphatic rings. The van der Waals surface area contributed by atoms with Gasteiger partial charge in [-0.05, 0) is 32.9 Å². The van der Waals surface area contributed by atoms with Crippen LogP contribution in [0.3, 0.4) is 0 Å². The maximum atomic E-state index is 12.0. The number of fused-ring (bicyclic) bond motifs is 1. The highest BCUT2D eigenvalue weighted by atomic mass is 16.3. The van der Waals surface area contributed by atoms with Gasteiger partial charge in [0, 0.05) is 31.6 Å². The van der Waals surface area contributed by atoms with Gasteiger partial charge in [-0.15, -0.1) is 0 Å². The Hall–Kier alpha value is -2.96. The highest BCUT2D eigenvalue weighted by Gasteiger charge is 2.15. The Labute approximate surface area is 151 Å². The Morgan fingerprint density at radius 2 is 2.00 bits per heavy atom. The molecule has 0 aliphatic carbocycles. The molecule has 0 radical (unpaired) electrons.